The van der Waals surface area contributed by atoms with E-state index in [1.165, 1.54) is 5.56 Å². The number of carbonyl (C=O) groups is 1. The molecule has 1 N–H and O–H groups in total. The maximum absolute atomic E-state index is 13.0. The number of aryl methyl sites for hydroxylation is 1. The third kappa shape index (κ3) is 5.08. The van der Waals surface area contributed by atoms with Crippen molar-refractivity contribution in [3.8, 4) is 5.69 Å². The summed E-state index contributed by atoms with van der Waals surface area (Å²) in [5, 5.41) is 3.15. The van der Waals surface area contributed by atoms with Crippen LogP contribution in [-0.2, 0) is 17.9 Å². The smallest absolute Gasteiger partial charge is 0.224 e. The van der Waals surface area contributed by atoms with E-state index in [4.69, 9.17) is 4.98 Å². The fraction of sp³-hybridized carbons (Fsp3) is 0.286. The Morgan fingerprint density at radius 1 is 1.09 bits per heavy atom. The van der Waals surface area contributed by atoms with Gasteiger partial charge in [-0.05, 0) is 68.3 Å². The Hall–Kier alpha value is -2.96. The molecule has 0 saturated carbocycles. The molecule has 6 heteroatoms. The lowest BCUT2D eigenvalue weighted by Crippen LogP contribution is -2.42. The van der Waals surface area contributed by atoms with Gasteiger partial charge in [-0.1, -0.05) is 57.9 Å². The molecule has 0 radical (unpaired) electrons. The van der Waals surface area contributed by atoms with Crippen LogP contribution < -0.4 is 5.32 Å². The van der Waals surface area contributed by atoms with E-state index < -0.39 is 0 Å². The van der Waals surface area contributed by atoms with Crippen molar-refractivity contribution in [2.75, 3.05) is 13.1 Å². The summed E-state index contributed by atoms with van der Waals surface area (Å²) in [7, 11) is 0. The largest absolute Gasteiger partial charge is 0.352 e. The third-order valence-corrected chi connectivity index (χ3v) is 7.03. The molecule has 1 amide bonds. The Morgan fingerprint density at radius 2 is 1.91 bits per heavy atom. The highest BCUT2D eigenvalue weighted by Gasteiger charge is 2.27. The quantitative estimate of drug-likeness (QED) is 0.361. The van der Waals surface area contributed by atoms with Gasteiger partial charge in [-0.25, -0.2) is 4.98 Å². The molecule has 1 aliphatic heterocycles. The monoisotopic (exact) mass is 516 g/mol. The van der Waals surface area contributed by atoms with Gasteiger partial charge in [0.25, 0.3) is 0 Å². The minimum absolute atomic E-state index is 0.00377. The number of aromatic nitrogens is 2. The van der Waals surface area contributed by atoms with Gasteiger partial charge in [-0.3, -0.25) is 14.3 Å². The van der Waals surface area contributed by atoms with E-state index in [2.05, 4.69) is 98.3 Å². The zero-order valence-corrected chi connectivity index (χ0v) is 21.0. The zero-order chi connectivity index (χ0) is 23.5. The summed E-state index contributed by atoms with van der Waals surface area (Å²) in [6.07, 6.45) is 1.94. The lowest BCUT2D eigenvalue weighted by atomic mass is 9.97. The van der Waals surface area contributed by atoms with Crippen LogP contribution in [0.1, 0.15) is 29.8 Å². The molecule has 174 valence electrons. The molecule has 1 atom stereocenters. The van der Waals surface area contributed by atoms with Crippen molar-refractivity contribution in [2.24, 2.45) is 5.92 Å². The number of imidazole rings is 1. The molecule has 5 rings (SSSR count). The number of halogens is 1. The van der Waals surface area contributed by atoms with E-state index in [1.807, 2.05) is 12.1 Å². The van der Waals surface area contributed by atoms with Gasteiger partial charge in [0.2, 0.25) is 5.91 Å². The van der Waals surface area contributed by atoms with Gasteiger partial charge in [0.15, 0.2) is 0 Å². The molecular formula is C28H29BrN4O. The number of likely N-dealkylation sites (tertiary alicyclic amines) is 1. The number of piperidine rings is 1. The Labute approximate surface area is 208 Å². The Morgan fingerprint density at radius 3 is 2.74 bits per heavy atom. The molecule has 0 aliphatic carbocycles. The normalized spacial score (nSPS) is 16.6. The van der Waals surface area contributed by atoms with Crippen molar-refractivity contribution in [2.45, 2.75) is 32.9 Å². The van der Waals surface area contributed by atoms with Crippen LogP contribution in [0.5, 0.6) is 0 Å². The van der Waals surface area contributed by atoms with Gasteiger partial charge < -0.3 is 5.32 Å². The highest BCUT2D eigenvalue weighted by atomic mass is 79.9. The number of hydrogen-bond acceptors (Lipinski definition) is 3. The summed E-state index contributed by atoms with van der Waals surface area (Å²) < 4.78 is 3.29. The van der Waals surface area contributed by atoms with E-state index in [0.29, 0.717) is 13.1 Å². The second-order valence-electron chi connectivity index (χ2n) is 9.11. The molecular weight excluding hydrogens is 488 g/mol. The highest BCUT2D eigenvalue weighted by molar-refractivity contribution is 9.10. The molecule has 0 bridgehead atoms. The number of fused-ring (bicyclic) bond motifs is 1. The van der Waals surface area contributed by atoms with Crippen LogP contribution in [0.2, 0.25) is 0 Å². The first-order chi connectivity index (χ1) is 16.6. The number of carbonyl (C=O) groups excluding carboxylic acids is 1. The van der Waals surface area contributed by atoms with Gasteiger partial charge in [0.1, 0.15) is 5.82 Å². The predicted molar refractivity (Wildman–Crippen MR) is 140 cm³/mol. The molecule has 0 spiro atoms. The van der Waals surface area contributed by atoms with Gasteiger partial charge in [-0.2, -0.15) is 0 Å². The lowest BCUT2D eigenvalue weighted by Gasteiger charge is -2.31. The van der Waals surface area contributed by atoms with Crippen molar-refractivity contribution in [3.63, 3.8) is 0 Å². The third-order valence-electron chi connectivity index (χ3n) is 6.51. The second-order valence-corrected chi connectivity index (χ2v) is 10.0. The molecule has 1 fully saturated rings. The molecule has 34 heavy (non-hydrogen) atoms. The first-order valence-corrected chi connectivity index (χ1v) is 12.6. The molecule has 2 heterocycles. The first kappa shape index (κ1) is 22.8. The van der Waals surface area contributed by atoms with Crippen molar-refractivity contribution in [3.05, 3.63) is 94.2 Å². The SMILES string of the molecule is Cc1cccc(CNC(=O)[C@H]2CCCN(Cc3nc4ccccc4n3-c3ccc(Br)cc3)C2)c1. The van der Waals surface area contributed by atoms with Crippen molar-refractivity contribution >= 4 is 32.9 Å². The predicted octanol–water partition coefficient (Wildman–Crippen LogP) is 5.62. The maximum Gasteiger partial charge on any atom is 0.224 e. The summed E-state index contributed by atoms with van der Waals surface area (Å²) in [6, 6.07) is 24.9. The van der Waals surface area contributed by atoms with Crippen molar-refractivity contribution in [1.29, 1.82) is 0 Å². The van der Waals surface area contributed by atoms with Crippen LogP contribution in [0.3, 0.4) is 0 Å². The number of nitrogens with one attached hydrogen (secondary N) is 1. The fourth-order valence-electron chi connectivity index (χ4n) is 4.83. The summed E-state index contributed by atoms with van der Waals surface area (Å²) in [5.74, 6) is 1.15. The second kappa shape index (κ2) is 10.1. The minimum Gasteiger partial charge on any atom is -0.352 e. The first-order valence-electron chi connectivity index (χ1n) is 11.8. The van der Waals surface area contributed by atoms with Crippen LogP contribution in [-0.4, -0.2) is 33.4 Å². The Bertz CT molecular complexity index is 1300. The van der Waals surface area contributed by atoms with Gasteiger partial charge >= 0.3 is 0 Å². The number of para-hydroxylation sites is 2. The number of amides is 1. The molecule has 1 saturated heterocycles. The Balaban J connectivity index is 1.31. The summed E-state index contributed by atoms with van der Waals surface area (Å²) >= 11 is 3.54. The number of hydrogen-bond donors (Lipinski definition) is 1. The molecule has 1 aliphatic rings. The van der Waals surface area contributed by atoms with Crippen molar-refractivity contribution < 1.29 is 4.79 Å². The molecule has 4 aromatic rings. The van der Waals surface area contributed by atoms with Crippen molar-refractivity contribution in [1.82, 2.24) is 19.8 Å². The van der Waals surface area contributed by atoms with Crippen LogP contribution in [0.15, 0.2) is 77.3 Å². The standard InChI is InChI=1S/C28H29BrN4O/c1-20-6-4-7-21(16-20)17-30-28(34)22-8-5-15-32(18-22)19-27-31-25-9-2-3-10-26(25)33(27)24-13-11-23(29)12-14-24/h2-4,6-7,9-14,16,22H,5,8,15,17-19H2,1H3,(H,30,34)/t22-/m0/s1. The van der Waals surface area contributed by atoms with Crippen LogP contribution >= 0.6 is 15.9 Å². The van der Waals surface area contributed by atoms with E-state index >= 15 is 0 Å². The summed E-state index contributed by atoms with van der Waals surface area (Å²) in [4.78, 5) is 20.3. The molecule has 1 aromatic heterocycles. The number of rotatable bonds is 6. The maximum atomic E-state index is 13.0. The highest BCUT2D eigenvalue weighted by Crippen LogP contribution is 2.25. The van der Waals surface area contributed by atoms with Crippen LogP contribution in [0, 0.1) is 12.8 Å². The summed E-state index contributed by atoms with van der Waals surface area (Å²) in [6.45, 7) is 5.10. The van der Waals surface area contributed by atoms with E-state index in [0.717, 1.165) is 58.5 Å². The van der Waals surface area contributed by atoms with Crippen LogP contribution in [0.4, 0.5) is 0 Å². The topological polar surface area (TPSA) is 50.2 Å². The minimum atomic E-state index is 0.00377. The number of nitrogens with zero attached hydrogens (tertiary/aromatic N) is 3. The lowest BCUT2D eigenvalue weighted by molar-refractivity contribution is -0.127. The molecule has 0 unspecified atom stereocenters. The summed E-state index contributed by atoms with van der Waals surface area (Å²) in [5.41, 5.74) is 5.54. The average Bonchev–Trinajstić information content (AvgIpc) is 3.21. The fourth-order valence-corrected chi connectivity index (χ4v) is 5.09. The average molecular weight is 517 g/mol. The number of benzene rings is 3. The molecule has 5 nitrogen and oxygen atoms in total. The van der Waals surface area contributed by atoms with Gasteiger partial charge in [-0.15, -0.1) is 0 Å². The zero-order valence-electron chi connectivity index (χ0n) is 19.4. The van der Waals surface area contributed by atoms with Gasteiger partial charge in [0.05, 0.1) is 23.5 Å². The van der Waals surface area contributed by atoms with Gasteiger partial charge in [0, 0.05) is 23.2 Å². The molecule has 3 aromatic carbocycles. The van der Waals surface area contributed by atoms with E-state index in [1.54, 1.807) is 0 Å². The van der Waals surface area contributed by atoms with Crippen LogP contribution in [0.25, 0.3) is 16.7 Å². The van der Waals surface area contributed by atoms with E-state index in [-0.39, 0.29) is 11.8 Å². The Kier molecular flexibility index (Phi) is 6.79. The van der Waals surface area contributed by atoms with E-state index in [9.17, 15) is 4.79 Å².